The second-order valence-corrected chi connectivity index (χ2v) is 6.67. The molecule has 33 heavy (non-hydrogen) atoms. The van der Waals surface area contributed by atoms with E-state index in [1.165, 1.54) is 53.1 Å². The molecular weight excluding hydrogens is 452 g/mol. The van der Waals surface area contributed by atoms with Crippen LogP contribution >= 0.6 is 0 Å². The van der Waals surface area contributed by atoms with E-state index in [4.69, 9.17) is 0 Å². The number of ether oxygens (including phenoxy) is 1. The normalized spacial score (nSPS) is 11.9. The molecule has 0 amide bonds. The Labute approximate surface area is 181 Å². The van der Waals surface area contributed by atoms with Crippen LogP contribution in [0.3, 0.4) is 0 Å². The number of aromatic nitrogens is 3. The lowest BCUT2D eigenvalue weighted by Gasteiger charge is -2.12. The third-order valence-corrected chi connectivity index (χ3v) is 4.36. The topological polar surface area (TPSA) is 75.2 Å². The summed E-state index contributed by atoms with van der Waals surface area (Å²) in [5, 5.41) is 12.1. The number of fused-ring (bicyclic) bond motifs is 1. The lowest BCUT2D eigenvalue weighted by Crippen LogP contribution is -2.16. The molecule has 0 aliphatic carbocycles. The van der Waals surface area contributed by atoms with Crippen LogP contribution in [0.15, 0.2) is 60.8 Å². The number of nitrogens with zero attached hydrogens (tertiary/aromatic N) is 4. The molecule has 0 atom stereocenters. The molecule has 0 aliphatic heterocycles. The summed E-state index contributed by atoms with van der Waals surface area (Å²) in [5.74, 6) is -0.444. The number of anilines is 2. The van der Waals surface area contributed by atoms with Gasteiger partial charge in [0.15, 0.2) is 5.69 Å². The number of pyridine rings is 2. The van der Waals surface area contributed by atoms with Gasteiger partial charge < -0.3 is 10.1 Å². The van der Waals surface area contributed by atoms with Crippen molar-refractivity contribution < 1.29 is 31.1 Å². The van der Waals surface area contributed by atoms with Crippen LogP contribution in [0.25, 0.3) is 17.0 Å². The van der Waals surface area contributed by atoms with Gasteiger partial charge in [0.25, 0.3) is 0 Å². The first-order chi connectivity index (χ1) is 15.5. The molecule has 168 valence electrons. The first-order valence-electron chi connectivity index (χ1n) is 9.13. The molecule has 6 nitrogen and oxygen atoms in total. The molecule has 1 N–H and O–H groups in total. The average molecular weight is 463 g/mol. The van der Waals surface area contributed by atoms with Crippen molar-refractivity contribution in [3.05, 3.63) is 72.1 Å². The summed E-state index contributed by atoms with van der Waals surface area (Å²) in [5.41, 5.74) is -1.37. The fourth-order valence-electron chi connectivity index (χ4n) is 3.11. The van der Waals surface area contributed by atoms with Gasteiger partial charge in [0.1, 0.15) is 22.9 Å². The number of benzene rings is 1. The van der Waals surface area contributed by atoms with Crippen LogP contribution in [-0.4, -0.2) is 20.7 Å². The van der Waals surface area contributed by atoms with Crippen molar-refractivity contribution in [1.29, 1.82) is 5.26 Å². The fraction of sp³-hybridized carbons (Fsp3) is 0.0952. The van der Waals surface area contributed by atoms with E-state index in [0.717, 1.165) is 12.1 Å². The van der Waals surface area contributed by atoms with Gasteiger partial charge in [-0.05, 0) is 48.5 Å². The maximum atomic E-state index is 13.7. The third-order valence-electron chi connectivity index (χ3n) is 4.36. The van der Waals surface area contributed by atoms with Crippen LogP contribution in [0.4, 0.5) is 37.8 Å². The van der Waals surface area contributed by atoms with E-state index in [0.29, 0.717) is 0 Å². The minimum atomic E-state index is -4.85. The van der Waals surface area contributed by atoms with Crippen molar-refractivity contribution in [2.45, 2.75) is 12.5 Å². The lowest BCUT2D eigenvalue weighted by atomic mass is 10.1. The van der Waals surface area contributed by atoms with E-state index in [2.05, 4.69) is 20.0 Å². The number of nitrogens with one attached hydrogen (secondary N) is 1. The molecule has 0 saturated heterocycles. The van der Waals surface area contributed by atoms with Crippen molar-refractivity contribution in [3.63, 3.8) is 0 Å². The Balaban J connectivity index is 1.76. The lowest BCUT2D eigenvalue weighted by molar-refractivity contribution is -0.274. The fourth-order valence-corrected chi connectivity index (χ4v) is 3.11. The Bertz CT molecular complexity index is 1350. The average Bonchev–Trinajstić information content (AvgIpc) is 3.14. The molecule has 0 saturated carbocycles. The van der Waals surface area contributed by atoms with Gasteiger partial charge in [-0.1, -0.05) is 6.07 Å². The largest absolute Gasteiger partial charge is 0.573 e. The van der Waals surface area contributed by atoms with Crippen molar-refractivity contribution in [2.24, 2.45) is 0 Å². The molecule has 0 bridgehead atoms. The Morgan fingerprint density at radius 1 is 0.939 bits per heavy atom. The van der Waals surface area contributed by atoms with Gasteiger partial charge in [-0.3, -0.25) is 4.40 Å². The zero-order valence-electron chi connectivity index (χ0n) is 16.2. The van der Waals surface area contributed by atoms with Gasteiger partial charge >= 0.3 is 12.5 Å². The van der Waals surface area contributed by atoms with Crippen molar-refractivity contribution in [3.8, 4) is 23.2 Å². The smallest absolute Gasteiger partial charge is 0.406 e. The van der Waals surface area contributed by atoms with E-state index in [1.54, 1.807) is 0 Å². The number of halogens is 6. The molecule has 0 spiro atoms. The Morgan fingerprint density at radius 2 is 1.67 bits per heavy atom. The molecule has 4 aromatic rings. The number of rotatable bonds is 4. The van der Waals surface area contributed by atoms with Crippen molar-refractivity contribution in [2.75, 3.05) is 5.32 Å². The molecule has 3 heterocycles. The summed E-state index contributed by atoms with van der Waals surface area (Å²) in [6.45, 7) is 0. The number of alkyl halides is 6. The molecular formula is C21H11F6N5O. The number of hydrogen-bond acceptors (Lipinski definition) is 5. The number of nitriles is 1. The van der Waals surface area contributed by atoms with Gasteiger partial charge in [0.2, 0.25) is 0 Å². The summed E-state index contributed by atoms with van der Waals surface area (Å²) in [6, 6.07) is 13.4. The summed E-state index contributed by atoms with van der Waals surface area (Å²) in [4.78, 5) is 7.85. The first kappa shape index (κ1) is 21.9. The zero-order valence-corrected chi connectivity index (χ0v) is 16.2. The zero-order chi connectivity index (χ0) is 23.8. The predicted octanol–water partition coefficient (Wildman–Crippen LogP) is 5.93. The second kappa shape index (κ2) is 8.01. The summed E-state index contributed by atoms with van der Waals surface area (Å²) in [6.07, 6.45) is -8.25. The van der Waals surface area contributed by atoms with E-state index >= 15 is 0 Å². The van der Waals surface area contributed by atoms with Crippen molar-refractivity contribution >= 4 is 17.2 Å². The van der Waals surface area contributed by atoms with Gasteiger partial charge in [-0.2, -0.15) is 18.4 Å². The molecule has 12 heteroatoms. The van der Waals surface area contributed by atoms with Gasteiger partial charge in [-0.25, -0.2) is 9.97 Å². The monoisotopic (exact) mass is 463 g/mol. The predicted molar refractivity (Wildman–Crippen MR) is 105 cm³/mol. The Hall–Kier alpha value is -4.27. The van der Waals surface area contributed by atoms with Crippen LogP contribution in [-0.2, 0) is 6.18 Å². The summed E-state index contributed by atoms with van der Waals surface area (Å²) < 4.78 is 83.0. The highest BCUT2D eigenvalue weighted by Gasteiger charge is 2.39. The summed E-state index contributed by atoms with van der Waals surface area (Å²) in [7, 11) is 0. The molecule has 0 fully saturated rings. The maximum absolute atomic E-state index is 13.7. The van der Waals surface area contributed by atoms with E-state index < -0.39 is 24.0 Å². The van der Waals surface area contributed by atoms with Gasteiger partial charge in [0.05, 0.1) is 17.3 Å². The standard InChI is InChI=1S/C21H11F6N5O/c22-20(23,24)19-18(32-8-2-1-3-17(32)31-19)15-9-12(11-28)10-16(30-15)29-13-4-6-14(7-5-13)33-21(25,26)27/h1-10H,(H,29,30). The van der Waals surface area contributed by atoms with Gasteiger partial charge in [0, 0.05) is 11.9 Å². The van der Waals surface area contributed by atoms with Crippen LogP contribution < -0.4 is 10.1 Å². The highest BCUT2D eigenvalue weighted by atomic mass is 19.4. The van der Waals surface area contributed by atoms with Crippen LogP contribution in [0.5, 0.6) is 5.75 Å². The van der Waals surface area contributed by atoms with E-state index in [9.17, 15) is 31.6 Å². The third kappa shape index (κ3) is 4.82. The molecule has 3 aromatic heterocycles. The van der Waals surface area contributed by atoms with E-state index in [-0.39, 0.29) is 34.1 Å². The maximum Gasteiger partial charge on any atom is 0.573 e. The molecule has 0 unspecified atom stereocenters. The quantitative estimate of drug-likeness (QED) is 0.380. The second-order valence-electron chi connectivity index (χ2n) is 6.67. The molecule has 0 radical (unpaired) electrons. The first-order valence-corrected chi connectivity index (χ1v) is 9.13. The minimum absolute atomic E-state index is 0.00699. The highest BCUT2D eigenvalue weighted by molar-refractivity contribution is 5.69. The molecule has 0 aliphatic rings. The molecule has 1 aromatic carbocycles. The van der Waals surface area contributed by atoms with E-state index in [1.807, 2.05) is 6.07 Å². The van der Waals surface area contributed by atoms with Gasteiger partial charge in [-0.15, -0.1) is 13.2 Å². The SMILES string of the molecule is N#Cc1cc(Nc2ccc(OC(F)(F)F)cc2)nc(-c2c(C(F)(F)F)nc3ccccn23)c1. The number of imidazole rings is 1. The minimum Gasteiger partial charge on any atom is -0.406 e. The summed E-state index contributed by atoms with van der Waals surface area (Å²) >= 11 is 0. The van der Waals surface area contributed by atoms with Crippen molar-refractivity contribution in [1.82, 2.24) is 14.4 Å². The Morgan fingerprint density at radius 3 is 2.30 bits per heavy atom. The van der Waals surface area contributed by atoms with Crippen LogP contribution in [0.1, 0.15) is 11.3 Å². The van der Waals surface area contributed by atoms with Crippen LogP contribution in [0.2, 0.25) is 0 Å². The highest BCUT2D eigenvalue weighted by Crippen LogP contribution is 2.37. The number of hydrogen-bond donors (Lipinski definition) is 1. The van der Waals surface area contributed by atoms with Crippen LogP contribution in [0, 0.1) is 11.3 Å². The Kier molecular flexibility index (Phi) is 5.33. The molecule has 4 rings (SSSR count).